The Morgan fingerprint density at radius 1 is 1.62 bits per heavy atom. The number of hydrogen-bond acceptors (Lipinski definition) is 4. The minimum Gasteiger partial charge on any atom is -0.492 e. The molecular formula is C9H8BrFN2O3. The molecule has 0 heterocycles. The van der Waals surface area contributed by atoms with Crippen LogP contribution in [-0.4, -0.2) is 19.6 Å². The van der Waals surface area contributed by atoms with Crippen LogP contribution in [0.5, 0.6) is 5.75 Å². The van der Waals surface area contributed by atoms with E-state index >= 15 is 0 Å². The summed E-state index contributed by atoms with van der Waals surface area (Å²) in [5, 5.41) is 4.74. The first-order chi connectivity index (χ1) is 7.58. The summed E-state index contributed by atoms with van der Waals surface area (Å²) in [4.78, 5) is 21.0. The summed E-state index contributed by atoms with van der Waals surface area (Å²) in [6, 6.07) is 2.66. The van der Waals surface area contributed by atoms with Crippen molar-refractivity contribution < 1.29 is 13.9 Å². The van der Waals surface area contributed by atoms with Crippen LogP contribution in [0.1, 0.15) is 0 Å². The summed E-state index contributed by atoms with van der Waals surface area (Å²) >= 11 is 3.07. The van der Waals surface area contributed by atoms with Crippen LogP contribution in [-0.2, 0) is 4.79 Å². The number of carbonyl (C=O) groups excluding carboxylic acids is 1. The van der Waals surface area contributed by atoms with Crippen LogP contribution in [0.4, 0.5) is 10.1 Å². The second kappa shape index (κ2) is 5.55. The van der Waals surface area contributed by atoms with Gasteiger partial charge in [0, 0.05) is 4.47 Å². The minimum absolute atomic E-state index is 0.0950. The number of ether oxygens (including phenoxy) is 1. The molecule has 1 rings (SSSR count). The number of nitroso groups, excluding NO2 is 1. The first kappa shape index (κ1) is 12.6. The smallest absolute Gasteiger partial charge is 0.249 e. The molecule has 7 heteroatoms. The fourth-order valence-corrected chi connectivity index (χ4v) is 1.54. The SMILES string of the molecule is COc1c(F)cc(Br)cc1NC(=O)CN=O. The van der Waals surface area contributed by atoms with Crippen molar-refractivity contribution in [1.29, 1.82) is 0 Å². The van der Waals surface area contributed by atoms with Crippen molar-refractivity contribution in [1.82, 2.24) is 0 Å². The Labute approximate surface area is 99.1 Å². The largest absolute Gasteiger partial charge is 0.492 e. The van der Waals surface area contributed by atoms with Gasteiger partial charge in [0.1, 0.15) is 0 Å². The number of halogens is 2. The Morgan fingerprint density at radius 3 is 2.88 bits per heavy atom. The third-order valence-electron chi connectivity index (χ3n) is 1.69. The zero-order valence-electron chi connectivity index (χ0n) is 8.29. The van der Waals surface area contributed by atoms with Crippen LogP contribution in [0.15, 0.2) is 21.8 Å². The standard InChI is InChI=1S/C9H8BrFN2O3/c1-16-9-6(11)2-5(10)3-7(9)13-8(14)4-12-15/h2-3H,4H2,1H3,(H,13,14). The van der Waals surface area contributed by atoms with E-state index in [9.17, 15) is 14.1 Å². The Kier molecular flexibility index (Phi) is 4.36. The van der Waals surface area contributed by atoms with Crippen LogP contribution >= 0.6 is 15.9 Å². The van der Waals surface area contributed by atoms with E-state index in [2.05, 4.69) is 26.4 Å². The summed E-state index contributed by atoms with van der Waals surface area (Å²) in [5.41, 5.74) is 0.142. The van der Waals surface area contributed by atoms with Crippen molar-refractivity contribution in [2.45, 2.75) is 0 Å². The molecule has 0 unspecified atom stereocenters. The molecule has 0 radical (unpaired) electrons. The molecule has 0 aliphatic carbocycles. The van der Waals surface area contributed by atoms with E-state index in [0.29, 0.717) is 4.47 Å². The average Bonchev–Trinajstić information content (AvgIpc) is 2.17. The number of hydrogen-bond donors (Lipinski definition) is 1. The van der Waals surface area contributed by atoms with E-state index in [-0.39, 0.29) is 11.4 Å². The van der Waals surface area contributed by atoms with Crippen molar-refractivity contribution >= 4 is 27.5 Å². The van der Waals surface area contributed by atoms with Gasteiger partial charge < -0.3 is 10.1 Å². The molecule has 0 bridgehead atoms. The van der Waals surface area contributed by atoms with Gasteiger partial charge >= 0.3 is 0 Å². The summed E-state index contributed by atoms with van der Waals surface area (Å²) < 4.78 is 18.6. The Hall–Kier alpha value is -1.50. The van der Waals surface area contributed by atoms with E-state index in [1.165, 1.54) is 19.2 Å². The molecular weight excluding hydrogens is 283 g/mol. The van der Waals surface area contributed by atoms with Crippen molar-refractivity contribution in [3.8, 4) is 5.75 Å². The highest BCUT2D eigenvalue weighted by atomic mass is 79.9. The number of rotatable bonds is 4. The Morgan fingerprint density at radius 2 is 2.31 bits per heavy atom. The maximum atomic E-state index is 13.4. The van der Waals surface area contributed by atoms with Crippen molar-refractivity contribution in [2.24, 2.45) is 5.18 Å². The minimum atomic E-state index is -0.634. The van der Waals surface area contributed by atoms with Crippen LogP contribution < -0.4 is 10.1 Å². The molecule has 5 nitrogen and oxygen atoms in total. The fourth-order valence-electron chi connectivity index (χ4n) is 1.11. The van der Waals surface area contributed by atoms with Gasteiger partial charge in [-0.25, -0.2) is 4.39 Å². The van der Waals surface area contributed by atoms with E-state index in [1.807, 2.05) is 0 Å². The number of nitrogens with one attached hydrogen (secondary N) is 1. The van der Waals surface area contributed by atoms with Gasteiger partial charge in [-0.15, -0.1) is 0 Å². The molecule has 0 fully saturated rings. The maximum Gasteiger partial charge on any atom is 0.249 e. The lowest BCUT2D eigenvalue weighted by Gasteiger charge is -2.10. The first-order valence-corrected chi connectivity index (χ1v) is 4.99. The molecule has 1 aromatic rings. The molecule has 0 saturated heterocycles. The maximum absolute atomic E-state index is 13.4. The number of benzene rings is 1. The van der Waals surface area contributed by atoms with Gasteiger partial charge in [-0.1, -0.05) is 21.1 Å². The van der Waals surface area contributed by atoms with Gasteiger partial charge in [-0.05, 0) is 12.1 Å². The molecule has 1 amide bonds. The topological polar surface area (TPSA) is 67.8 Å². The highest BCUT2D eigenvalue weighted by Gasteiger charge is 2.13. The van der Waals surface area contributed by atoms with E-state index in [1.54, 1.807) is 0 Å². The molecule has 0 atom stereocenters. The Bertz CT molecular complexity index is 425. The first-order valence-electron chi connectivity index (χ1n) is 4.20. The van der Waals surface area contributed by atoms with Gasteiger partial charge in [0.15, 0.2) is 18.1 Å². The molecule has 1 N–H and O–H groups in total. The average molecular weight is 291 g/mol. The molecule has 86 valence electrons. The number of anilines is 1. The van der Waals surface area contributed by atoms with Gasteiger partial charge in [0.2, 0.25) is 5.91 Å². The molecule has 1 aromatic carbocycles. The Balaban J connectivity index is 3.02. The molecule has 0 spiro atoms. The third kappa shape index (κ3) is 2.99. The predicted octanol–water partition coefficient (Wildman–Crippen LogP) is 2.30. The van der Waals surface area contributed by atoms with Crippen LogP contribution in [0.3, 0.4) is 0 Å². The quantitative estimate of drug-likeness (QED) is 0.865. The summed E-state index contributed by atoms with van der Waals surface area (Å²) in [7, 11) is 1.28. The highest BCUT2D eigenvalue weighted by molar-refractivity contribution is 9.10. The van der Waals surface area contributed by atoms with Gasteiger partial charge in [-0.2, -0.15) is 4.91 Å². The van der Waals surface area contributed by atoms with Crippen molar-refractivity contribution in [3.05, 3.63) is 27.3 Å². The van der Waals surface area contributed by atoms with E-state index in [0.717, 1.165) is 0 Å². The second-order valence-corrected chi connectivity index (χ2v) is 3.72. The monoisotopic (exact) mass is 290 g/mol. The normalized spacial score (nSPS) is 9.69. The van der Waals surface area contributed by atoms with Crippen molar-refractivity contribution in [3.63, 3.8) is 0 Å². The molecule has 0 aromatic heterocycles. The lowest BCUT2D eigenvalue weighted by molar-refractivity contribution is -0.114. The van der Waals surface area contributed by atoms with E-state index < -0.39 is 18.3 Å². The molecule has 16 heavy (non-hydrogen) atoms. The van der Waals surface area contributed by atoms with Crippen LogP contribution in [0.25, 0.3) is 0 Å². The van der Waals surface area contributed by atoms with Gasteiger partial charge in [-0.3, -0.25) is 4.79 Å². The van der Waals surface area contributed by atoms with E-state index in [4.69, 9.17) is 4.74 Å². The molecule has 0 aliphatic rings. The van der Waals surface area contributed by atoms with Crippen LogP contribution in [0, 0.1) is 10.7 Å². The lowest BCUT2D eigenvalue weighted by atomic mass is 10.2. The lowest BCUT2D eigenvalue weighted by Crippen LogP contribution is -2.15. The van der Waals surface area contributed by atoms with Crippen LogP contribution in [0.2, 0.25) is 0 Å². The fraction of sp³-hybridized carbons (Fsp3) is 0.222. The summed E-state index contributed by atoms with van der Waals surface area (Å²) in [6.07, 6.45) is 0. The molecule has 0 saturated carbocycles. The van der Waals surface area contributed by atoms with Crippen molar-refractivity contribution in [2.75, 3.05) is 19.0 Å². The number of methoxy groups -OCH3 is 1. The highest BCUT2D eigenvalue weighted by Crippen LogP contribution is 2.31. The number of carbonyl (C=O) groups is 1. The predicted molar refractivity (Wildman–Crippen MR) is 59.9 cm³/mol. The number of amides is 1. The summed E-state index contributed by atoms with van der Waals surface area (Å²) in [6.45, 7) is -0.530. The third-order valence-corrected chi connectivity index (χ3v) is 2.15. The number of nitrogens with zero attached hydrogens (tertiary/aromatic N) is 1. The second-order valence-electron chi connectivity index (χ2n) is 2.80. The zero-order chi connectivity index (χ0) is 12.1. The van der Waals surface area contributed by atoms with Gasteiger partial charge in [0.05, 0.1) is 12.8 Å². The summed E-state index contributed by atoms with van der Waals surface area (Å²) in [5.74, 6) is -1.35. The zero-order valence-corrected chi connectivity index (χ0v) is 9.88. The van der Waals surface area contributed by atoms with Gasteiger partial charge in [0.25, 0.3) is 0 Å². The molecule has 0 aliphatic heterocycles.